The number of nitrogens with one attached hydrogen (secondary N) is 3. The van der Waals surface area contributed by atoms with E-state index in [1.165, 1.54) is 12.5 Å². The molecule has 8 heteroatoms. The lowest BCUT2D eigenvalue weighted by Crippen LogP contribution is -2.49. The predicted molar refractivity (Wildman–Crippen MR) is 144 cm³/mol. The molecule has 3 amide bonds. The molecular formula is C27H36Cl2N4O2. The van der Waals surface area contributed by atoms with Crippen molar-refractivity contribution in [1.82, 2.24) is 15.5 Å². The van der Waals surface area contributed by atoms with Crippen LogP contribution in [0.2, 0.25) is 10.0 Å². The van der Waals surface area contributed by atoms with Crippen LogP contribution in [0.25, 0.3) is 0 Å². The van der Waals surface area contributed by atoms with Crippen LogP contribution in [0.1, 0.15) is 44.7 Å². The van der Waals surface area contributed by atoms with Crippen molar-refractivity contribution in [3.8, 4) is 0 Å². The summed E-state index contributed by atoms with van der Waals surface area (Å²) in [6.07, 6.45) is 3.26. The molecule has 2 aromatic carbocycles. The number of hydrogen-bond acceptors (Lipinski definition) is 3. The number of amides is 3. The highest BCUT2D eigenvalue weighted by molar-refractivity contribution is 6.42. The van der Waals surface area contributed by atoms with Crippen LogP contribution in [0.15, 0.2) is 42.5 Å². The number of anilines is 1. The molecule has 3 rings (SSSR count). The van der Waals surface area contributed by atoms with Gasteiger partial charge < -0.3 is 20.9 Å². The number of carbonyl (C=O) groups is 2. The third-order valence-corrected chi connectivity index (χ3v) is 7.26. The molecule has 0 unspecified atom stereocenters. The van der Waals surface area contributed by atoms with Crippen LogP contribution in [-0.4, -0.2) is 42.5 Å². The molecule has 1 saturated heterocycles. The van der Waals surface area contributed by atoms with E-state index in [0.29, 0.717) is 34.1 Å². The Balaban J connectivity index is 1.47. The molecule has 3 N–H and O–H groups in total. The van der Waals surface area contributed by atoms with E-state index < -0.39 is 0 Å². The van der Waals surface area contributed by atoms with Gasteiger partial charge in [0.15, 0.2) is 0 Å². The minimum Gasteiger partial charge on any atom is -0.352 e. The normalized spacial score (nSPS) is 15.6. The maximum absolute atomic E-state index is 12.7. The standard InChI is InChI=1S/C27H36Cl2N4O2/c1-18(2)26(32-27(35)31-23-6-4-5-22(14-23)16-30-19(3)34)17-33-11-9-20(10-12-33)13-21-7-8-24(28)25(29)15-21/h4-8,14-15,18,20,26H,9-13,16-17H2,1-3H3,(H,30,34)(H2,31,32,35)/t26-/m0/s1. The van der Waals surface area contributed by atoms with E-state index in [0.717, 1.165) is 44.5 Å². The van der Waals surface area contributed by atoms with E-state index in [-0.39, 0.29) is 18.0 Å². The first-order valence-electron chi connectivity index (χ1n) is 12.3. The highest BCUT2D eigenvalue weighted by Crippen LogP contribution is 2.27. The van der Waals surface area contributed by atoms with E-state index in [2.05, 4.69) is 40.8 Å². The Morgan fingerprint density at radius 1 is 1.03 bits per heavy atom. The number of piperidine rings is 1. The monoisotopic (exact) mass is 518 g/mol. The number of rotatable bonds is 9. The van der Waals surface area contributed by atoms with Crippen molar-refractivity contribution < 1.29 is 9.59 Å². The quantitative estimate of drug-likeness (QED) is 0.396. The summed E-state index contributed by atoms with van der Waals surface area (Å²) in [6, 6.07) is 13.3. The molecule has 0 aliphatic carbocycles. The number of nitrogens with zero attached hydrogens (tertiary/aromatic N) is 1. The van der Waals surface area contributed by atoms with Gasteiger partial charge in [-0.1, -0.05) is 55.2 Å². The molecule has 1 fully saturated rings. The Kier molecular flexibility index (Phi) is 10.3. The minimum absolute atomic E-state index is 0.0455. The zero-order chi connectivity index (χ0) is 25.4. The van der Waals surface area contributed by atoms with Crippen molar-refractivity contribution in [3.63, 3.8) is 0 Å². The number of halogens is 2. The van der Waals surface area contributed by atoms with E-state index in [9.17, 15) is 9.59 Å². The molecule has 2 aromatic rings. The van der Waals surface area contributed by atoms with Gasteiger partial charge in [0.25, 0.3) is 0 Å². The molecule has 6 nitrogen and oxygen atoms in total. The van der Waals surface area contributed by atoms with E-state index in [1.807, 2.05) is 36.4 Å². The molecule has 0 radical (unpaired) electrons. The van der Waals surface area contributed by atoms with Gasteiger partial charge in [0.1, 0.15) is 0 Å². The van der Waals surface area contributed by atoms with Crippen LogP contribution in [0, 0.1) is 11.8 Å². The largest absolute Gasteiger partial charge is 0.352 e. The third-order valence-electron chi connectivity index (χ3n) is 6.52. The Labute approximate surface area is 218 Å². The summed E-state index contributed by atoms with van der Waals surface area (Å²) >= 11 is 12.2. The van der Waals surface area contributed by atoms with Crippen LogP contribution in [0.3, 0.4) is 0 Å². The average molecular weight is 520 g/mol. The van der Waals surface area contributed by atoms with Crippen LogP contribution >= 0.6 is 23.2 Å². The summed E-state index contributed by atoms with van der Waals surface area (Å²) < 4.78 is 0. The molecule has 1 aliphatic heterocycles. The van der Waals surface area contributed by atoms with Gasteiger partial charge in [-0.3, -0.25) is 4.79 Å². The lowest BCUT2D eigenvalue weighted by molar-refractivity contribution is -0.119. The summed E-state index contributed by atoms with van der Waals surface area (Å²) in [6.45, 7) is 9.05. The van der Waals surface area contributed by atoms with E-state index in [4.69, 9.17) is 23.2 Å². The smallest absolute Gasteiger partial charge is 0.319 e. The van der Waals surface area contributed by atoms with Crippen LogP contribution in [0.4, 0.5) is 10.5 Å². The number of hydrogen-bond donors (Lipinski definition) is 3. The third kappa shape index (κ3) is 9.02. The molecule has 1 heterocycles. The first kappa shape index (κ1) is 27.3. The first-order chi connectivity index (χ1) is 16.7. The van der Waals surface area contributed by atoms with Crippen LogP contribution < -0.4 is 16.0 Å². The Morgan fingerprint density at radius 3 is 2.43 bits per heavy atom. The van der Waals surface area contributed by atoms with Gasteiger partial charge in [0.05, 0.1) is 10.0 Å². The Hall–Kier alpha value is -2.28. The number of likely N-dealkylation sites (tertiary alicyclic amines) is 1. The molecule has 1 aliphatic rings. The van der Waals surface area contributed by atoms with Gasteiger partial charge in [0.2, 0.25) is 5.91 Å². The Morgan fingerprint density at radius 2 is 1.77 bits per heavy atom. The molecule has 35 heavy (non-hydrogen) atoms. The first-order valence-corrected chi connectivity index (χ1v) is 13.0. The van der Waals surface area contributed by atoms with Crippen LogP contribution in [-0.2, 0) is 17.8 Å². The molecule has 190 valence electrons. The summed E-state index contributed by atoms with van der Waals surface area (Å²) in [5.41, 5.74) is 2.87. The molecule has 0 saturated carbocycles. The second-order valence-corrected chi connectivity index (χ2v) is 10.6. The van der Waals surface area contributed by atoms with Gasteiger partial charge in [-0.15, -0.1) is 0 Å². The van der Waals surface area contributed by atoms with E-state index >= 15 is 0 Å². The van der Waals surface area contributed by atoms with Crippen LogP contribution in [0.5, 0.6) is 0 Å². The fourth-order valence-corrected chi connectivity index (χ4v) is 4.72. The van der Waals surface area contributed by atoms with Crippen molar-refractivity contribution in [3.05, 3.63) is 63.6 Å². The molecular weight excluding hydrogens is 483 g/mol. The zero-order valence-corrected chi connectivity index (χ0v) is 22.3. The highest BCUT2D eigenvalue weighted by atomic mass is 35.5. The molecule has 0 bridgehead atoms. The predicted octanol–water partition coefficient (Wildman–Crippen LogP) is 5.73. The molecule has 0 spiro atoms. The van der Waals surface area contributed by atoms with Gasteiger partial charge in [-0.25, -0.2) is 4.79 Å². The lowest BCUT2D eigenvalue weighted by Gasteiger charge is -2.35. The van der Waals surface area contributed by atoms with Crippen molar-refractivity contribution >= 4 is 40.8 Å². The Bertz CT molecular complexity index is 1010. The molecule has 0 aromatic heterocycles. The van der Waals surface area contributed by atoms with Crippen molar-refractivity contribution in [2.24, 2.45) is 11.8 Å². The van der Waals surface area contributed by atoms with Gasteiger partial charge >= 0.3 is 6.03 Å². The van der Waals surface area contributed by atoms with Crippen molar-refractivity contribution in [1.29, 1.82) is 0 Å². The molecule has 1 atom stereocenters. The minimum atomic E-state index is -0.213. The fourth-order valence-electron chi connectivity index (χ4n) is 4.40. The van der Waals surface area contributed by atoms with Gasteiger partial charge in [-0.05, 0) is 79.6 Å². The van der Waals surface area contributed by atoms with Crippen molar-refractivity contribution in [2.75, 3.05) is 25.0 Å². The summed E-state index contributed by atoms with van der Waals surface area (Å²) in [5, 5.41) is 10.1. The zero-order valence-electron chi connectivity index (χ0n) is 20.7. The summed E-state index contributed by atoms with van der Waals surface area (Å²) in [7, 11) is 0. The second-order valence-electron chi connectivity index (χ2n) is 9.76. The average Bonchev–Trinajstić information content (AvgIpc) is 2.81. The second kappa shape index (κ2) is 13.1. The maximum Gasteiger partial charge on any atom is 0.319 e. The topological polar surface area (TPSA) is 73.5 Å². The highest BCUT2D eigenvalue weighted by Gasteiger charge is 2.24. The van der Waals surface area contributed by atoms with Gasteiger partial charge in [0, 0.05) is 31.7 Å². The SMILES string of the molecule is CC(=O)NCc1cccc(NC(=O)N[C@@H](CN2CCC(Cc3ccc(Cl)c(Cl)c3)CC2)C(C)C)c1. The summed E-state index contributed by atoms with van der Waals surface area (Å²) in [4.78, 5) is 26.3. The van der Waals surface area contributed by atoms with Gasteiger partial charge in [-0.2, -0.15) is 0 Å². The van der Waals surface area contributed by atoms with E-state index in [1.54, 1.807) is 0 Å². The number of urea groups is 1. The fraction of sp³-hybridized carbons (Fsp3) is 0.481. The number of benzene rings is 2. The maximum atomic E-state index is 12.7. The van der Waals surface area contributed by atoms with Crippen molar-refractivity contribution in [2.45, 2.75) is 52.6 Å². The summed E-state index contributed by atoms with van der Waals surface area (Å²) in [5.74, 6) is 0.849. The lowest BCUT2D eigenvalue weighted by atomic mass is 9.89. The number of carbonyl (C=O) groups excluding carboxylic acids is 2.